The van der Waals surface area contributed by atoms with E-state index in [-0.39, 0.29) is 36.1 Å². The van der Waals surface area contributed by atoms with Gasteiger partial charge in [-0.2, -0.15) is 0 Å². The molecule has 1 atom stereocenters. The van der Waals surface area contributed by atoms with E-state index in [1.54, 1.807) is 0 Å². The highest BCUT2D eigenvalue weighted by Crippen LogP contribution is 2.29. The summed E-state index contributed by atoms with van der Waals surface area (Å²) in [5.74, 6) is -1.05. The smallest absolute Gasteiger partial charge is 0.227 e. The van der Waals surface area contributed by atoms with Gasteiger partial charge in [0.05, 0.1) is 5.69 Å². The SMILES string of the molecule is CC(=O)c1cc(F)ccc1N1CC(CN=[N+]=[N-])CC1=O. The summed E-state index contributed by atoms with van der Waals surface area (Å²) in [6, 6.07) is 3.78. The number of carbonyl (C=O) groups is 2. The van der Waals surface area contributed by atoms with Crippen molar-refractivity contribution in [1.29, 1.82) is 0 Å². The Morgan fingerprint density at radius 1 is 1.60 bits per heavy atom. The molecule has 0 N–H and O–H groups in total. The first-order chi connectivity index (χ1) is 9.52. The van der Waals surface area contributed by atoms with Crippen LogP contribution in [0.3, 0.4) is 0 Å². The molecule has 0 radical (unpaired) electrons. The van der Waals surface area contributed by atoms with Crippen LogP contribution in [0.1, 0.15) is 23.7 Å². The molecule has 20 heavy (non-hydrogen) atoms. The van der Waals surface area contributed by atoms with Gasteiger partial charge in [-0.25, -0.2) is 4.39 Å². The highest BCUT2D eigenvalue weighted by Gasteiger charge is 2.31. The molecule has 0 aliphatic carbocycles. The van der Waals surface area contributed by atoms with E-state index in [4.69, 9.17) is 5.53 Å². The minimum Gasteiger partial charge on any atom is -0.311 e. The van der Waals surface area contributed by atoms with E-state index in [1.165, 1.54) is 24.0 Å². The Kier molecular flexibility index (Phi) is 4.00. The lowest BCUT2D eigenvalue weighted by atomic mass is 10.1. The summed E-state index contributed by atoms with van der Waals surface area (Å²) < 4.78 is 13.2. The van der Waals surface area contributed by atoms with Crippen LogP contribution in [0, 0.1) is 11.7 Å². The van der Waals surface area contributed by atoms with Crippen molar-refractivity contribution >= 4 is 17.4 Å². The molecule has 0 aromatic heterocycles. The lowest BCUT2D eigenvalue weighted by Crippen LogP contribution is -2.26. The molecule has 1 aliphatic rings. The van der Waals surface area contributed by atoms with Gasteiger partial charge in [0.15, 0.2) is 5.78 Å². The van der Waals surface area contributed by atoms with Crippen molar-refractivity contribution in [2.75, 3.05) is 18.0 Å². The molecular weight excluding hydrogens is 263 g/mol. The molecule has 1 amide bonds. The topological polar surface area (TPSA) is 86.1 Å². The highest BCUT2D eigenvalue weighted by molar-refractivity contribution is 6.05. The molecule has 7 heteroatoms. The molecular formula is C13H13FN4O2. The Morgan fingerprint density at radius 3 is 3.00 bits per heavy atom. The molecule has 1 aromatic carbocycles. The van der Waals surface area contributed by atoms with E-state index >= 15 is 0 Å². The summed E-state index contributed by atoms with van der Waals surface area (Å²) in [5, 5.41) is 3.46. The zero-order valence-corrected chi connectivity index (χ0v) is 10.9. The van der Waals surface area contributed by atoms with E-state index < -0.39 is 5.82 Å². The average molecular weight is 276 g/mol. The maximum Gasteiger partial charge on any atom is 0.227 e. The van der Waals surface area contributed by atoms with Gasteiger partial charge in [0, 0.05) is 30.0 Å². The van der Waals surface area contributed by atoms with Crippen LogP contribution in [-0.4, -0.2) is 24.8 Å². The van der Waals surface area contributed by atoms with Crippen LogP contribution in [0.5, 0.6) is 0 Å². The van der Waals surface area contributed by atoms with Crippen molar-refractivity contribution in [3.63, 3.8) is 0 Å². The molecule has 1 aromatic rings. The zero-order chi connectivity index (χ0) is 14.7. The van der Waals surface area contributed by atoms with Gasteiger partial charge in [-0.1, -0.05) is 5.11 Å². The lowest BCUT2D eigenvalue weighted by Gasteiger charge is -2.19. The van der Waals surface area contributed by atoms with Gasteiger partial charge < -0.3 is 4.90 Å². The fourth-order valence-electron chi connectivity index (χ4n) is 2.31. The number of hydrogen-bond donors (Lipinski definition) is 0. The van der Waals surface area contributed by atoms with Gasteiger partial charge in [-0.05, 0) is 36.6 Å². The van der Waals surface area contributed by atoms with E-state index in [2.05, 4.69) is 10.0 Å². The summed E-state index contributed by atoms with van der Waals surface area (Å²) in [5.41, 5.74) is 8.89. The van der Waals surface area contributed by atoms with Crippen LogP contribution in [0.2, 0.25) is 0 Å². The number of ketones is 1. The second-order valence-electron chi connectivity index (χ2n) is 4.71. The number of nitrogens with zero attached hydrogens (tertiary/aromatic N) is 4. The van der Waals surface area contributed by atoms with Crippen LogP contribution in [0.25, 0.3) is 10.4 Å². The van der Waals surface area contributed by atoms with E-state index in [0.29, 0.717) is 12.2 Å². The largest absolute Gasteiger partial charge is 0.311 e. The molecule has 1 saturated heterocycles. The Balaban J connectivity index is 2.30. The molecule has 1 aliphatic heterocycles. The van der Waals surface area contributed by atoms with Gasteiger partial charge in [0.2, 0.25) is 5.91 Å². The lowest BCUT2D eigenvalue weighted by molar-refractivity contribution is -0.117. The summed E-state index contributed by atoms with van der Waals surface area (Å²) in [4.78, 5) is 27.7. The predicted molar refractivity (Wildman–Crippen MR) is 70.9 cm³/mol. The molecule has 6 nitrogen and oxygen atoms in total. The summed E-state index contributed by atoms with van der Waals surface area (Å²) in [6.45, 7) is 1.93. The number of anilines is 1. The van der Waals surface area contributed by atoms with Crippen molar-refractivity contribution in [2.45, 2.75) is 13.3 Å². The van der Waals surface area contributed by atoms with E-state index in [0.717, 1.165) is 6.07 Å². The second-order valence-corrected chi connectivity index (χ2v) is 4.71. The van der Waals surface area contributed by atoms with Gasteiger partial charge in [0.25, 0.3) is 0 Å². The third-order valence-corrected chi connectivity index (χ3v) is 3.24. The standard InChI is InChI=1S/C13H13FN4O2/c1-8(19)11-5-10(14)2-3-12(11)18-7-9(4-13(18)20)6-16-17-15/h2-3,5,9H,4,6-7H2,1H3. The van der Waals surface area contributed by atoms with Gasteiger partial charge in [-0.3, -0.25) is 9.59 Å². The van der Waals surface area contributed by atoms with Crippen LogP contribution in [0.15, 0.2) is 23.3 Å². The molecule has 1 fully saturated rings. The molecule has 0 spiro atoms. The van der Waals surface area contributed by atoms with Crippen molar-refractivity contribution in [1.82, 2.24) is 0 Å². The maximum atomic E-state index is 13.2. The number of halogens is 1. The first-order valence-corrected chi connectivity index (χ1v) is 6.14. The Labute approximate surface area is 114 Å². The molecule has 0 bridgehead atoms. The molecule has 2 rings (SSSR count). The molecule has 0 saturated carbocycles. The number of rotatable bonds is 4. The third kappa shape index (κ3) is 2.78. The number of azide groups is 1. The summed E-state index contributed by atoms with van der Waals surface area (Å²) in [6.07, 6.45) is 0.258. The van der Waals surface area contributed by atoms with Crippen LogP contribution in [-0.2, 0) is 4.79 Å². The predicted octanol–water partition coefficient (Wildman–Crippen LogP) is 2.69. The third-order valence-electron chi connectivity index (χ3n) is 3.24. The summed E-state index contributed by atoms with van der Waals surface area (Å²) >= 11 is 0. The van der Waals surface area contributed by atoms with Gasteiger partial charge in [-0.15, -0.1) is 0 Å². The van der Waals surface area contributed by atoms with Crippen LogP contribution >= 0.6 is 0 Å². The fourth-order valence-corrected chi connectivity index (χ4v) is 2.31. The van der Waals surface area contributed by atoms with E-state index in [1.807, 2.05) is 0 Å². The second kappa shape index (κ2) is 5.71. The minimum absolute atomic E-state index is 0.0803. The van der Waals surface area contributed by atoms with E-state index in [9.17, 15) is 14.0 Å². The maximum absolute atomic E-state index is 13.2. The van der Waals surface area contributed by atoms with Crippen LogP contribution < -0.4 is 4.90 Å². The van der Waals surface area contributed by atoms with Crippen molar-refractivity contribution in [2.24, 2.45) is 11.0 Å². The van der Waals surface area contributed by atoms with Gasteiger partial charge in [0.1, 0.15) is 5.82 Å². The Morgan fingerprint density at radius 2 is 2.35 bits per heavy atom. The first kappa shape index (κ1) is 14.0. The number of Topliss-reactive ketones (excluding diaryl/α,β-unsaturated/α-hetero) is 1. The van der Waals surface area contributed by atoms with Crippen LogP contribution in [0.4, 0.5) is 10.1 Å². The summed E-state index contributed by atoms with van der Waals surface area (Å²) in [7, 11) is 0. The number of hydrogen-bond acceptors (Lipinski definition) is 3. The molecule has 1 unspecified atom stereocenters. The van der Waals surface area contributed by atoms with Crippen molar-refractivity contribution < 1.29 is 14.0 Å². The Bertz CT molecular complexity index is 610. The minimum atomic E-state index is -0.517. The quantitative estimate of drug-likeness (QED) is 0.366. The normalized spacial score (nSPS) is 18.0. The van der Waals surface area contributed by atoms with Crippen molar-refractivity contribution in [3.8, 4) is 0 Å². The number of carbonyl (C=O) groups excluding carboxylic acids is 2. The fraction of sp³-hybridized carbons (Fsp3) is 0.385. The first-order valence-electron chi connectivity index (χ1n) is 6.14. The molecule has 1 heterocycles. The highest BCUT2D eigenvalue weighted by atomic mass is 19.1. The molecule has 104 valence electrons. The van der Waals surface area contributed by atoms with Crippen molar-refractivity contribution in [3.05, 3.63) is 40.0 Å². The Hall–Kier alpha value is -2.40. The van der Waals surface area contributed by atoms with Gasteiger partial charge >= 0.3 is 0 Å². The zero-order valence-electron chi connectivity index (χ0n) is 10.9. The number of benzene rings is 1. The monoisotopic (exact) mass is 276 g/mol. The number of amides is 1. The average Bonchev–Trinajstić information content (AvgIpc) is 2.77.